The summed E-state index contributed by atoms with van der Waals surface area (Å²) in [6, 6.07) is 13.2. The summed E-state index contributed by atoms with van der Waals surface area (Å²) in [4.78, 5) is 12.8. The summed E-state index contributed by atoms with van der Waals surface area (Å²) in [7, 11) is -7.83. The van der Waals surface area contributed by atoms with E-state index in [9.17, 15) is 21.6 Å². The van der Waals surface area contributed by atoms with Gasteiger partial charge in [-0.05, 0) is 62.6 Å². The molecule has 0 aliphatic carbocycles. The Kier molecular flexibility index (Phi) is 7.64. The summed E-state index contributed by atoms with van der Waals surface area (Å²) in [6.45, 7) is 3.81. The van der Waals surface area contributed by atoms with Crippen LogP contribution < -0.4 is 10.5 Å². The molecule has 12 heteroatoms. The summed E-state index contributed by atoms with van der Waals surface area (Å²) < 4.78 is 56.7. The average molecular weight is 545 g/mol. The SMILES string of the molecule is Cc1ccc(/C=C/c2onc(C)c2S(=O)(=O)N2CCC[C@H](C(=O)Nc3ccc(S(N)(=O)=O)cc3)C2)cc1. The van der Waals surface area contributed by atoms with E-state index in [1.54, 1.807) is 19.1 Å². The largest absolute Gasteiger partial charge is 0.355 e. The molecule has 0 radical (unpaired) electrons. The Morgan fingerprint density at radius 2 is 1.73 bits per heavy atom. The molecule has 4 rings (SSSR count). The smallest absolute Gasteiger partial charge is 0.248 e. The van der Waals surface area contributed by atoms with Gasteiger partial charge in [0.2, 0.25) is 26.0 Å². The van der Waals surface area contributed by atoms with Gasteiger partial charge in [0.1, 0.15) is 5.69 Å². The minimum atomic E-state index is -3.99. The van der Waals surface area contributed by atoms with Crippen LogP contribution in [0, 0.1) is 19.8 Å². The number of hydrogen-bond acceptors (Lipinski definition) is 7. The second kappa shape index (κ2) is 10.6. The molecule has 1 aliphatic heterocycles. The highest BCUT2D eigenvalue weighted by molar-refractivity contribution is 7.89. The normalized spacial score (nSPS) is 17.2. The second-order valence-electron chi connectivity index (χ2n) is 8.97. The molecule has 0 bridgehead atoms. The molecule has 3 N–H and O–H groups in total. The van der Waals surface area contributed by atoms with Crippen LogP contribution in [-0.4, -0.2) is 45.3 Å². The third-order valence-electron chi connectivity index (χ3n) is 6.14. The quantitative estimate of drug-likeness (QED) is 0.463. The van der Waals surface area contributed by atoms with E-state index in [1.807, 2.05) is 31.2 Å². The van der Waals surface area contributed by atoms with Gasteiger partial charge in [0.25, 0.3) is 0 Å². The van der Waals surface area contributed by atoms with E-state index in [1.165, 1.54) is 28.6 Å². The molecule has 0 unspecified atom stereocenters. The van der Waals surface area contributed by atoms with Crippen molar-refractivity contribution in [2.24, 2.45) is 11.1 Å². The maximum absolute atomic E-state index is 13.6. The fraction of sp³-hybridized carbons (Fsp3) is 0.280. The number of carbonyl (C=O) groups is 1. The number of sulfonamides is 2. The second-order valence-corrected chi connectivity index (χ2v) is 12.4. The maximum atomic E-state index is 13.6. The van der Waals surface area contributed by atoms with Gasteiger partial charge in [-0.25, -0.2) is 22.0 Å². The van der Waals surface area contributed by atoms with Gasteiger partial charge >= 0.3 is 0 Å². The Morgan fingerprint density at radius 1 is 1.05 bits per heavy atom. The van der Waals surface area contributed by atoms with Gasteiger partial charge in [-0.15, -0.1) is 0 Å². The first kappa shape index (κ1) is 26.7. The number of anilines is 1. The zero-order valence-corrected chi connectivity index (χ0v) is 22.1. The number of carbonyl (C=O) groups excluding carboxylic acids is 1. The fourth-order valence-electron chi connectivity index (χ4n) is 4.12. The summed E-state index contributed by atoms with van der Waals surface area (Å²) in [5.74, 6) is -0.822. The monoisotopic (exact) mass is 544 g/mol. The number of aromatic nitrogens is 1. The Morgan fingerprint density at radius 3 is 2.38 bits per heavy atom. The minimum Gasteiger partial charge on any atom is -0.355 e. The van der Waals surface area contributed by atoms with Crippen molar-refractivity contribution in [2.45, 2.75) is 36.5 Å². The van der Waals surface area contributed by atoms with Crippen LogP contribution in [0.5, 0.6) is 0 Å². The molecule has 1 aromatic heterocycles. The standard InChI is InChI=1S/C25H28N4O6S2/c1-17-5-7-19(8-6-17)9-14-23-24(18(2)28-35-23)37(33,34)29-15-3-4-20(16-29)25(30)27-21-10-12-22(13-11-21)36(26,31)32/h5-14,20H,3-4,15-16H2,1-2H3,(H,27,30)(H2,26,31,32)/b14-9+/t20-/m0/s1. The number of amides is 1. The summed E-state index contributed by atoms with van der Waals surface area (Å²) in [6.07, 6.45) is 4.35. The lowest BCUT2D eigenvalue weighted by atomic mass is 9.99. The highest BCUT2D eigenvalue weighted by Crippen LogP contribution is 2.30. The first-order valence-corrected chi connectivity index (χ1v) is 14.6. The molecule has 3 aromatic rings. The minimum absolute atomic E-state index is 0.00480. The van der Waals surface area contributed by atoms with Crippen LogP contribution >= 0.6 is 0 Å². The van der Waals surface area contributed by atoms with Crippen molar-refractivity contribution in [3.05, 3.63) is 71.1 Å². The molecular weight excluding hydrogens is 516 g/mol. The van der Waals surface area contributed by atoms with Crippen molar-refractivity contribution in [2.75, 3.05) is 18.4 Å². The predicted molar refractivity (Wildman–Crippen MR) is 139 cm³/mol. The van der Waals surface area contributed by atoms with Crippen molar-refractivity contribution in [3.8, 4) is 0 Å². The van der Waals surface area contributed by atoms with Crippen LogP contribution in [0.4, 0.5) is 5.69 Å². The van der Waals surface area contributed by atoms with Crippen molar-refractivity contribution in [3.63, 3.8) is 0 Å². The summed E-state index contributed by atoms with van der Waals surface area (Å²) in [5, 5.41) is 11.7. The van der Waals surface area contributed by atoms with Crippen LogP contribution in [0.15, 0.2) is 62.8 Å². The third-order valence-corrected chi connectivity index (χ3v) is 9.09. The lowest BCUT2D eigenvalue weighted by Gasteiger charge is -2.31. The molecule has 37 heavy (non-hydrogen) atoms. The molecule has 10 nitrogen and oxygen atoms in total. The summed E-state index contributed by atoms with van der Waals surface area (Å²) in [5.41, 5.74) is 2.62. The highest BCUT2D eigenvalue weighted by atomic mass is 32.2. The number of piperidine rings is 1. The van der Waals surface area contributed by atoms with Gasteiger partial charge in [-0.1, -0.05) is 41.1 Å². The molecule has 1 aliphatic rings. The van der Waals surface area contributed by atoms with E-state index in [4.69, 9.17) is 9.66 Å². The van der Waals surface area contributed by atoms with Crippen molar-refractivity contribution >= 4 is 43.8 Å². The average Bonchev–Trinajstić information content (AvgIpc) is 3.24. The van der Waals surface area contributed by atoms with E-state index in [2.05, 4.69) is 10.5 Å². The van der Waals surface area contributed by atoms with Gasteiger partial charge in [-0.3, -0.25) is 4.79 Å². The number of primary sulfonamides is 1. The number of aryl methyl sites for hydroxylation is 2. The molecular formula is C25H28N4O6S2. The third kappa shape index (κ3) is 6.16. The van der Waals surface area contributed by atoms with Gasteiger partial charge in [0, 0.05) is 18.8 Å². The van der Waals surface area contributed by atoms with E-state index < -0.39 is 26.0 Å². The zero-order chi connectivity index (χ0) is 26.8. The molecule has 0 saturated carbocycles. The lowest BCUT2D eigenvalue weighted by Crippen LogP contribution is -2.43. The van der Waals surface area contributed by atoms with Crippen LogP contribution in [0.3, 0.4) is 0 Å². The lowest BCUT2D eigenvalue weighted by molar-refractivity contribution is -0.120. The van der Waals surface area contributed by atoms with Crippen LogP contribution in [0.2, 0.25) is 0 Å². The van der Waals surface area contributed by atoms with Crippen molar-refractivity contribution < 1.29 is 26.2 Å². The van der Waals surface area contributed by atoms with Gasteiger partial charge in [-0.2, -0.15) is 4.31 Å². The molecule has 2 heterocycles. The van der Waals surface area contributed by atoms with E-state index in [0.29, 0.717) is 18.5 Å². The summed E-state index contributed by atoms with van der Waals surface area (Å²) >= 11 is 0. The highest BCUT2D eigenvalue weighted by Gasteiger charge is 2.37. The number of nitrogens with zero attached hydrogens (tertiary/aromatic N) is 2. The Hall–Kier alpha value is -3.32. The number of rotatable bonds is 7. The predicted octanol–water partition coefficient (Wildman–Crippen LogP) is 3.15. The van der Waals surface area contributed by atoms with Crippen molar-refractivity contribution in [1.82, 2.24) is 9.46 Å². The van der Waals surface area contributed by atoms with E-state index >= 15 is 0 Å². The molecule has 1 atom stereocenters. The Labute approximate surface area is 216 Å². The first-order valence-electron chi connectivity index (χ1n) is 11.6. The van der Waals surface area contributed by atoms with E-state index in [0.717, 1.165) is 11.1 Å². The molecule has 196 valence electrons. The molecule has 0 spiro atoms. The molecule has 2 aromatic carbocycles. The number of benzene rings is 2. The Bertz CT molecular complexity index is 1530. The number of nitrogens with two attached hydrogens (primary N) is 1. The van der Waals surface area contributed by atoms with Crippen LogP contribution in [-0.2, 0) is 24.8 Å². The maximum Gasteiger partial charge on any atom is 0.248 e. The van der Waals surface area contributed by atoms with Crippen LogP contribution in [0.25, 0.3) is 12.2 Å². The topological polar surface area (TPSA) is 153 Å². The Balaban J connectivity index is 1.50. The fourth-order valence-corrected chi connectivity index (χ4v) is 6.41. The first-order chi connectivity index (χ1) is 17.4. The van der Waals surface area contributed by atoms with Crippen molar-refractivity contribution in [1.29, 1.82) is 0 Å². The molecule has 1 amide bonds. The van der Waals surface area contributed by atoms with Gasteiger partial charge in [0.15, 0.2) is 10.7 Å². The molecule has 1 fully saturated rings. The van der Waals surface area contributed by atoms with Crippen LogP contribution in [0.1, 0.15) is 35.4 Å². The molecule has 1 saturated heterocycles. The number of hydrogen-bond donors (Lipinski definition) is 2. The zero-order valence-electron chi connectivity index (χ0n) is 20.4. The van der Waals surface area contributed by atoms with E-state index in [-0.39, 0.29) is 40.2 Å². The number of nitrogens with one attached hydrogen (secondary N) is 1. The van der Waals surface area contributed by atoms with Gasteiger partial charge in [0.05, 0.1) is 10.8 Å². The van der Waals surface area contributed by atoms with Gasteiger partial charge < -0.3 is 9.84 Å².